The monoisotopic (exact) mass is 267 g/mol. The summed E-state index contributed by atoms with van der Waals surface area (Å²) in [5.74, 6) is -0.223. The molecule has 0 saturated carbocycles. The average Bonchev–Trinajstić information content (AvgIpc) is 2.71. The van der Waals surface area contributed by atoms with Crippen molar-refractivity contribution in [1.29, 1.82) is 0 Å². The van der Waals surface area contributed by atoms with Crippen molar-refractivity contribution in [2.45, 2.75) is 0 Å². The highest BCUT2D eigenvalue weighted by Gasteiger charge is 2.14. The summed E-state index contributed by atoms with van der Waals surface area (Å²) < 4.78 is 5.21. The molecule has 0 atom stereocenters. The molecule has 0 aliphatic rings. The molecule has 0 spiro atoms. The molecule has 2 rings (SSSR count). The first-order valence-electron chi connectivity index (χ1n) is 4.20. The molecule has 1 aromatic carbocycles. The van der Waals surface area contributed by atoms with Gasteiger partial charge in [-0.15, -0.1) is 0 Å². The second-order valence-electron chi connectivity index (χ2n) is 2.89. The van der Waals surface area contributed by atoms with Gasteiger partial charge in [0.1, 0.15) is 5.52 Å². The molecule has 1 heterocycles. The Kier molecular flexibility index (Phi) is 2.64. The predicted molar refractivity (Wildman–Crippen MR) is 57.5 cm³/mol. The van der Waals surface area contributed by atoms with Crippen molar-refractivity contribution < 1.29 is 14.0 Å². The third-order valence-electron chi connectivity index (χ3n) is 1.94. The van der Waals surface area contributed by atoms with Crippen molar-refractivity contribution in [2.24, 2.45) is 0 Å². The molecule has 76 valence electrons. The van der Waals surface area contributed by atoms with Crippen LogP contribution in [0.2, 0.25) is 0 Å². The second kappa shape index (κ2) is 3.94. The van der Waals surface area contributed by atoms with Gasteiger partial charge in [-0.25, -0.2) is 4.98 Å². The van der Waals surface area contributed by atoms with Crippen molar-refractivity contribution >= 4 is 39.1 Å². The minimum atomic E-state index is -0.247. The van der Waals surface area contributed by atoms with Crippen LogP contribution in [0.4, 0.5) is 0 Å². The number of Topliss-reactive ketones (excluding diaryl/α,β-unsaturated/α-hetero) is 1. The number of hydrogen-bond acceptors (Lipinski definition) is 4. The Morgan fingerprint density at radius 2 is 2.33 bits per heavy atom. The maximum atomic E-state index is 11.3. The van der Waals surface area contributed by atoms with Gasteiger partial charge in [-0.05, 0) is 12.1 Å². The number of alkyl halides is 1. The van der Waals surface area contributed by atoms with E-state index in [4.69, 9.17) is 4.42 Å². The Morgan fingerprint density at radius 3 is 3.00 bits per heavy atom. The molecule has 0 N–H and O–H groups in total. The van der Waals surface area contributed by atoms with Gasteiger partial charge in [0.05, 0.1) is 5.33 Å². The number of oxazole rings is 1. The summed E-state index contributed by atoms with van der Waals surface area (Å²) in [7, 11) is 0. The van der Waals surface area contributed by atoms with Gasteiger partial charge in [-0.3, -0.25) is 9.59 Å². The number of carbonyl (C=O) groups excluding carboxylic acids is 2. The van der Waals surface area contributed by atoms with Crippen LogP contribution in [0, 0.1) is 0 Å². The van der Waals surface area contributed by atoms with Gasteiger partial charge in [0.15, 0.2) is 11.9 Å². The summed E-state index contributed by atoms with van der Waals surface area (Å²) in [6, 6.07) is 4.97. The number of halogens is 1. The lowest BCUT2D eigenvalue weighted by Crippen LogP contribution is -1.99. The van der Waals surface area contributed by atoms with Crippen molar-refractivity contribution in [3.8, 4) is 0 Å². The molecular weight excluding hydrogens is 262 g/mol. The molecule has 2 aromatic rings. The minimum Gasteiger partial charge on any atom is -0.434 e. The lowest BCUT2D eigenvalue weighted by Gasteiger charge is -1.87. The summed E-state index contributed by atoms with van der Waals surface area (Å²) in [5.41, 5.74) is 1.30. The number of ketones is 1. The van der Waals surface area contributed by atoms with Crippen LogP contribution in [0.3, 0.4) is 0 Å². The molecule has 0 saturated heterocycles. The van der Waals surface area contributed by atoms with Crippen molar-refractivity contribution in [3.05, 3.63) is 29.7 Å². The molecule has 0 amide bonds. The van der Waals surface area contributed by atoms with Gasteiger partial charge in [0.25, 0.3) is 5.89 Å². The molecular formula is C10H6BrNO3. The van der Waals surface area contributed by atoms with E-state index < -0.39 is 0 Å². The van der Waals surface area contributed by atoms with Crippen LogP contribution in [0.5, 0.6) is 0 Å². The van der Waals surface area contributed by atoms with Crippen LogP contribution in [-0.2, 0) is 0 Å². The van der Waals surface area contributed by atoms with E-state index in [1.165, 1.54) is 0 Å². The van der Waals surface area contributed by atoms with Crippen LogP contribution in [-0.4, -0.2) is 22.4 Å². The highest BCUT2D eigenvalue weighted by atomic mass is 79.9. The van der Waals surface area contributed by atoms with E-state index in [9.17, 15) is 9.59 Å². The predicted octanol–water partition coefficient (Wildman–Crippen LogP) is 2.22. The van der Waals surface area contributed by atoms with E-state index in [-0.39, 0.29) is 17.0 Å². The van der Waals surface area contributed by atoms with E-state index in [1.54, 1.807) is 18.2 Å². The highest BCUT2D eigenvalue weighted by molar-refractivity contribution is 9.09. The summed E-state index contributed by atoms with van der Waals surface area (Å²) in [6.45, 7) is 0. The zero-order valence-corrected chi connectivity index (χ0v) is 9.15. The lowest BCUT2D eigenvalue weighted by molar-refractivity contribution is 0.0988. The molecule has 0 unspecified atom stereocenters. The van der Waals surface area contributed by atoms with Gasteiger partial charge in [0, 0.05) is 5.56 Å². The fraction of sp³-hybridized carbons (Fsp3) is 0.100. The number of hydrogen-bond donors (Lipinski definition) is 0. The van der Waals surface area contributed by atoms with E-state index in [0.717, 1.165) is 0 Å². The summed E-state index contributed by atoms with van der Waals surface area (Å²) >= 11 is 3.03. The van der Waals surface area contributed by atoms with Crippen LogP contribution in [0.1, 0.15) is 21.0 Å². The highest BCUT2D eigenvalue weighted by Crippen LogP contribution is 2.18. The molecule has 0 aliphatic heterocycles. The topological polar surface area (TPSA) is 60.2 Å². The van der Waals surface area contributed by atoms with Gasteiger partial charge in [-0.1, -0.05) is 22.0 Å². The van der Waals surface area contributed by atoms with Crippen molar-refractivity contribution in [2.75, 3.05) is 5.33 Å². The van der Waals surface area contributed by atoms with Gasteiger partial charge in [-0.2, -0.15) is 0 Å². The summed E-state index contributed by atoms with van der Waals surface area (Å²) in [4.78, 5) is 26.0. The molecule has 15 heavy (non-hydrogen) atoms. The smallest absolute Gasteiger partial charge is 0.265 e. The fourth-order valence-electron chi connectivity index (χ4n) is 1.24. The van der Waals surface area contributed by atoms with E-state index in [1.807, 2.05) is 0 Å². The SMILES string of the molecule is O=Cc1cccc2oc(C(=O)CBr)nc12. The number of aldehydes is 1. The quantitative estimate of drug-likeness (QED) is 0.486. The largest absolute Gasteiger partial charge is 0.434 e. The van der Waals surface area contributed by atoms with E-state index in [2.05, 4.69) is 20.9 Å². The molecule has 0 aliphatic carbocycles. The normalized spacial score (nSPS) is 10.5. The molecule has 5 heteroatoms. The van der Waals surface area contributed by atoms with Crippen LogP contribution >= 0.6 is 15.9 Å². The number of nitrogens with zero attached hydrogens (tertiary/aromatic N) is 1. The Morgan fingerprint density at radius 1 is 1.53 bits per heavy atom. The fourth-order valence-corrected chi connectivity index (χ4v) is 1.48. The lowest BCUT2D eigenvalue weighted by atomic mass is 10.2. The van der Waals surface area contributed by atoms with Crippen LogP contribution < -0.4 is 0 Å². The third-order valence-corrected chi connectivity index (χ3v) is 2.45. The standard InChI is InChI=1S/C10H6BrNO3/c11-4-7(14)10-12-9-6(5-13)2-1-3-8(9)15-10/h1-3,5H,4H2. The van der Waals surface area contributed by atoms with E-state index in [0.29, 0.717) is 22.9 Å². The Hall–Kier alpha value is -1.49. The number of fused-ring (bicyclic) bond motifs is 1. The Bertz CT molecular complexity index is 532. The van der Waals surface area contributed by atoms with Crippen LogP contribution in [0.25, 0.3) is 11.1 Å². The zero-order valence-electron chi connectivity index (χ0n) is 7.57. The molecule has 0 radical (unpaired) electrons. The van der Waals surface area contributed by atoms with Crippen molar-refractivity contribution in [3.63, 3.8) is 0 Å². The number of carbonyl (C=O) groups is 2. The maximum Gasteiger partial charge on any atom is 0.265 e. The first kappa shape index (κ1) is 10.0. The molecule has 1 aromatic heterocycles. The first-order valence-corrected chi connectivity index (χ1v) is 5.32. The third kappa shape index (κ3) is 1.70. The minimum absolute atomic E-state index is 0.0242. The van der Waals surface area contributed by atoms with E-state index >= 15 is 0 Å². The molecule has 0 fully saturated rings. The number of rotatable bonds is 3. The van der Waals surface area contributed by atoms with Crippen LogP contribution in [0.15, 0.2) is 22.6 Å². The molecule has 4 nitrogen and oxygen atoms in total. The zero-order chi connectivity index (χ0) is 10.8. The number of benzene rings is 1. The second-order valence-corrected chi connectivity index (χ2v) is 3.45. The van der Waals surface area contributed by atoms with Crippen molar-refractivity contribution in [1.82, 2.24) is 4.98 Å². The number of aromatic nitrogens is 1. The Balaban J connectivity index is 2.65. The summed E-state index contributed by atoms with van der Waals surface area (Å²) in [5, 5.41) is 0.149. The molecule has 0 bridgehead atoms. The maximum absolute atomic E-state index is 11.3. The first-order chi connectivity index (χ1) is 7.26. The summed E-state index contributed by atoms with van der Waals surface area (Å²) in [6.07, 6.45) is 0.688. The van der Waals surface area contributed by atoms with Gasteiger partial charge >= 0.3 is 0 Å². The van der Waals surface area contributed by atoms with Gasteiger partial charge in [0.2, 0.25) is 5.78 Å². The Labute approximate surface area is 93.4 Å². The van der Waals surface area contributed by atoms with Gasteiger partial charge < -0.3 is 4.42 Å². The average molecular weight is 268 g/mol. The number of para-hydroxylation sites is 1.